The summed E-state index contributed by atoms with van der Waals surface area (Å²) in [4.78, 5) is 56.3. The van der Waals surface area contributed by atoms with E-state index in [4.69, 9.17) is 18.9 Å². The minimum atomic E-state index is -0.869. The molecule has 2 aromatic carbocycles. The maximum absolute atomic E-state index is 14.2. The lowest BCUT2D eigenvalue weighted by Gasteiger charge is -2.20. The number of unbranched alkanes of at least 4 members (excludes halogenated alkanes) is 16. The van der Waals surface area contributed by atoms with Crippen molar-refractivity contribution in [2.45, 2.75) is 156 Å². The van der Waals surface area contributed by atoms with Crippen molar-refractivity contribution < 1.29 is 38.1 Å². The van der Waals surface area contributed by atoms with Gasteiger partial charge in [-0.05, 0) is 42.9 Å². The van der Waals surface area contributed by atoms with Gasteiger partial charge >= 0.3 is 23.9 Å². The van der Waals surface area contributed by atoms with Gasteiger partial charge in [-0.1, -0.05) is 161 Å². The van der Waals surface area contributed by atoms with Gasteiger partial charge in [-0.3, -0.25) is 0 Å². The molecule has 0 saturated carbocycles. The standard InChI is InChI=1S/C44H66O8/c1-5-9-13-17-24-30-49-41(45)37-34-36(35-28-22-21-23-29-35)38(42(46)50-31-25-18-14-10-6-2)40(44(48)52-33-27-20-16-12-8-4)39(37)43(47)51-32-26-19-15-11-7-3/h21-23,28-29,34H,5-20,24-27,30-33H2,1-4H3. The van der Waals surface area contributed by atoms with Crippen molar-refractivity contribution in [2.24, 2.45) is 0 Å². The molecule has 0 unspecified atom stereocenters. The van der Waals surface area contributed by atoms with Gasteiger partial charge in [0.25, 0.3) is 0 Å². The maximum atomic E-state index is 14.2. The van der Waals surface area contributed by atoms with Crippen LogP contribution in [0, 0.1) is 0 Å². The summed E-state index contributed by atoms with van der Waals surface area (Å²) in [5.41, 5.74) is 0.0102. The van der Waals surface area contributed by atoms with Crippen LogP contribution in [-0.2, 0) is 18.9 Å². The summed E-state index contributed by atoms with van der Waals surface area (Å²) in [7, 11) is 0. The highest BCUT2D eigenvalue weighted by Crippen LogP contribution is 2.34. The molecule has 0 saturated heterocycles. The van der Waals surface area contributed by atoms with Crippen LogP contribution in [0.2, 0.25) is 0 Å². The summed E-state index contributed by atoms with van der Waals surface area (Å²) in [6.07, 6.45) is 19.0. The first-order chi connectivity index (χ1) is 25.4. The Balaban J connectivity index is 2.67. The van der Waals surface area contributed by atoms with Crippen molar-refractivity contribution in [3.63, 3.8) is 0 Å². The Morgan fingerprint density at radius 3 is 1.15 bits per heavy atom. The Morgan fingerprint density at radius 1 is 0.404 bits per heavy atom. The third-order valence-electron chi connectivity index (χ3n) is 9.17. The summed E-state index contributed by atoms with van der Waals surface area (Å²) >= 11 is 0. The molecule has 2 rings (SSSR count). The third kappa shape index (κ3) is 16.3. The third-order valence-corrected chi connectivity index (χ3v) is 9.17. The van der Waals surface area contributed by atoms with E-state index in [1.54, 1.807) is 12.1 Å². The van der Waals surface area contributed by atoms with Gasteiger partial charge in [0.1, 0.15) is 0 Å². The first-order valence-corrected chi connectivity index (χ1v) is 20.4. The molecule has 0 aromatic heterocycles. The molecule has 0 atom stereocenters. The van der Waals surface area contributed by atoms with Gasteiger partial charge in [0.05, 0.1) is 48.7 Å². The van der Waals surface area contributed by atoms with Crippen molar-refractivity contribution in [1.29, 1.82) is 0 Å². The van der Waals surface area contributed by atoms with Gasteiger partial charge in [0.2, 0.25) is 0 Å². The number of ether oxygens (including phenoxy) is 4. The smallest absolute Gasteiger partial charge is 0.339 e. The van der Waals surface area contributed by atoms with Crippen molar-refractivity contribution in [3.8, 4) is 11.1 Å². The molecule has 0 radical (unpaired) electrons. The summed E-state index contributed by atoms with van der Waals surface area (Å²) in [6.45, 7) is 9.07. The molecule has 2 aromatic rings. The first kappa shape index (κ1) is 44.5. The van der Waals surface area contributed by atoms with E-state index < -0.39 is 23.9 Å². The van der Waals surface area contributed by atoms with Crippen LogP contribution in [0.15, 0.2) is 36.4 Å². The van der Waals surface area contributed by atoms with Crippen LogP contribution in [0.5, 0.6) is 0 Å². The molecule has 8 heteroatoms. The normalized spacial score (nSPS) is 10.9. The molecule has 0 heterocycles. The second kappa shape index (κ2) is 27.9. The summed E-state index contributed by atoms with van der Waals surface area (Å²) in [5.74, 6) is -3.25. The van der Waals surface area contributed by atoms with E-state index >= 15 is 0 Å². The van der Waals surface area contributed by atoms with Gasteiger partial charge in [0, 0.05) is 0 Å². The van der Waals surface area contributed by atoms with E-state index in [0.717, 1.165) is 103 Å². The van der Waals surface area contributed by atoms with E-state index in [0.29, 0.717) is 31.2 Å². The van der Waals surface area contributed by atoms with E-state index in [2.05, 4.69) is 27.7 Å². The summed E-state index contributed by atoms with van der Waals surface area (Å²) < 4.78 is 23.1. The number of esters is 4. The van der Waals surface area contributed by atoms with Crippen molar-refractivity contribution in [3.05, 3.63) is 58.7 Å². The molecule has 0 N–H and O–H groups in total. The van der Waals surface area contributed by atoms with Crippen molar-refractivity contribution in [2.75, 3.05) is 26.4 Å². The molecule has 0 aliphatic rings. The fourth-order valence-corrected chi connectivity index (χ4v) is 6.09. The highest BCUT2D eigenvalue weighted by molar-refractivity contribution is 6.18. The fraction of sp³-hybridized carbons (Fsp3) is 0.636. The molecule has 8 nitrogen and oxygen atoms in total. The Labute approximate surface area is 313 Å². The second-order valence-corrected chi connectivity index (χ2v) is 13.7. The quantitative estimate of drug-likeness (QED) is 0.0464. The van der Waals surface area contributed by atoms with Crippen LogP contribution < -0.4 is 0 Å². The van der Waals surface area contributed by atoms with Gasteiger partial charge in [0.15, 0.2) is 0 Å². The maximum Gasteiger partial charge on any atom is 0.339 e. The minimum absolute atomic E-state index is 0.105. The number of benzene rings is 2. The zero-order chi connectivity index (χ0) is 37.8. The number of carbonyl (C=O) groups excluding carboxylic acids is 4. The van der Waals surface area contributed by atoms with Crippen molar-refractivity contribution in [1.82, 2.24) is 0 Å². The van der Waals surface area contributed by atoms with E-state index in [-0.39, 0.29) is 54.2 Å². The van der Waals surface area contributed by atoms with E-state index in [1.165, 1.54) is 6.07 Å². The minimum Gasteiger partial charge on any atom is -0.462 e. The predicted molar refractivity (Wildman–Crippen MR) is 208 cm³/mol. The van der Waals surface area contributed by atoms with Gasteiger partial charge in [-0.15, -0.1) is 0 Å². The van der Waals surface area contributed by atoms with Crippen LogP contribution in [0.25, 0.3) is 11.1 Å². The van der Waals surface area contributed by atoms with Crippen LogP contribution in [0.4, 0.5) is 0 Å². The lowest BCUT2D eigenvalue weighted by Crippen LogP contribution is -2.25. The van der Waals surface area contributed by atoms with Crippen LogP contribution in [0.3, 0.4) is 0 Å². The van der Waals surface area contributed by atoms with Crippen LogP contribution >= 0.6 is 0 Å². The van der Waals surface area contributed by atoms with Crippen LogP contribution in [-0.4, -0.2) is 50.3 Å². The van der Waals surface area contributed by atoms with Crippen molar-refractivity contribution >= 4 is 23.9 Å². The van der Waals surface area contributed by atoms with Gasteiger partial charge < -0.3 is 18.9 Å². The second-order valence-electron chi connectivity index (χ2n) is 13.7. The topological polar surface area (TPSA) is 105 Å². The highest BCUT2D eigenvalue weighted by Gasteiger charge is 2.36. The Kier molecular flexibility index (Phi) is 23.9. The average molecular weight is 723 g/mol. The molecule has 0 aliphatic carbocycles. The zero-order valence-corrected chi connectivity index (χ0v) is 32.7. The largest absolute Gasteiger partial charge is 0.462 e. The molecule has 52 heavy (non-hydrogen) atoms. The monoisotopic (exact) mass is 722 g/mol. The van der Waals surface area contributed by atoms with E-state index in [9.17, 15) is 19.2 Å². The zero-order valence-electron chi connectivity index (χ0n) is 32.7. The predicted octanol–water partition coefficient (Wildman–Crippen LogP) is 11.9. The van der Waals surface area contributed by atoms with Gasteiger partial charge in [-0.25, -0.2) is 19.2 Å². The summed E-state index contributed by atoms with van der Waals surface area (Å²) in [5, 5.41) is 0. The average Bonchev–Trinajstić information content (AvgIpc) is 3.16. The fourth-order valence-electron chi connectivity index (χ4n) is 6.09. The molecule has 0 aliphatic heterocycles. The first-order valence-electron chi connectivity index (χ1n) is 20.4. The SMILES string of the molecule is CCCCCCCOC(=O)c1cc(-c2ccccc2)c(C(=O)OCCCCCCC)c(C(=O)OCCCCCCC)c1C(=O)OCCCCCCC. The number of carbonyl (C=O) groups is 4. The molecular weight excluding hydrogens is 656 g/mol. The molecule has 0 amide bonds. The number of rotatable bonds is 29. The number of hydrogen-bond donors (Lipinski definition) is 0. The Morgan fingerprint density at radius 2 is 0.750 bits per heavy atom. The molecule has 0 fully saturated rings. The molecular formula is C44H66O8. The van der Waals surface area contributed by atoms with Gasteiger partial charge in [-0.2, -0.15) is 0 Å². The highest BCUT2D eigenvalue weighted by atomic mass is 16.5. The lowest BCUT2D eigenvalue weighted by atomic mass is 9.88. The molecule has 290 valence electrons. The molecule has 0 spiro atoms. The Bertz CT molecular complexity index is 1320. The summed E-state index contributed by atoms with van der Waals surface area (Å²) in [6, 6.07) is 10.5. The number of hydrogen-bond acceptors (Lipinski definition) is 8. The van der Waals surface area contributed by atoms with Crippen LogP contribution in [0.1, 0.15) is 198 Å². The van der Waals surface area contributed by atoms with E-state index in [1.807, 2.05) is 18.2 Å². The Hall–Kier alpha value is -3.68. The molecule has 0 bridgehead atoms. The lowest BCUT2D eigenvalue weighted by molar-refractivity contribution is 0.0416.